The molecule has 3 rings (SSSR count). The summed E-state index contributed by atoms with van der Waals surface area (Å²) in [6.45, 7) is 5.30. The average molecular weight is 520 g/mol. The molecule has 1 unspecified atom stereocenters. The van der Waals surface area contributed by atoms with Crippen molar-refractivity contribution in [1.82, 2.24) is 15.1 Å². The Morgan fingerprint density at radius 3 is 2.93 bits per heavy atom. The van der Waals surface area contributed by atoms with Crippen LogP contribution >= 0.6 is 35.3 Å². The van der Waals surface area contributed by atoms with E-state index >= 15 is 0 Å². The number of piperidine rings is 1. The van der Waals surface area contributed by atoms with Crippen LogP contribution in [0.2, 0.25) is 0 Å². The van der Waals surface area contributed by atoms with Crippen LogP contribution in [-0.2, 0) is 27.3 Å². The highest BCUT2D eigenvalue weighted by Gasteiger charge is 2.29. The van der Waals surface area contributed by atoms with Crippen molar-refractivity contribution in [1.29, 1.82) is 0 Å². The first kappa shape index (κ1) is 22.9. The summed E-state index contributed by atoms with van der Waals surface area (Å²) in [5.41, 5.74) is 1.26. The molecule has 0 bridgehead atoms. The first-order valence-electron chi connectivity index (χ1n) is 9.57. The zero-order chi connectivity index (χ0) is 19.2. The second-order valence-electron chi connectivity index (χ2n) is 6.87. The molecule has 7 nitrogen and oxygen atoms in total. The zero-order valence-corrected chi connectivity index (χ0v) is 19.6. The molecule has 9 heteroatoms. The molecule has 1 N–H and O–H groups in total. The molecule has 156 valence electrons. The highest BCUT2D eigenvalue weighted by molar-refractivity contribution is 14.0. The number of thiophene rings is 1. The number of guanidine groups is 1. The van der Waals surface area contributed by atoms with E-state index in [9.17, 15) is 9.59 Å². The molecule has 0 spiro atoms. The van der Waals surface area contributed by atoms with Gasteiger partial charge in [-0.1, -0.05) is 0 Å². The number of rotatable bonds is 4. The molecule has 2 aliphatic heterocycles. The lowest BCUT2D eigenvalue weighted by Gasteiger charge is -2.34. The molecule has 0 saturated carbocycles. The predicted octanol–water partition coefficient (Wildman–Crippen LogP) is 2.10. The van der Waals surface area contributed by atoms with Crippen LogP contribution in [0.1, 0.15) is 30.2 Å². The molecule has 1 atom stereocenters. The normalized spacial score (nSPS) is 19.5. The van der Waals surface area contributed by atoms with Crippen molar-refractivity contribution < 1.29 is 14.3 Å². The van der Waals surface area contributed by atoms with Crippen LogP contribution in [-0.4, -0.2) is 67.5 Å². The molecule has 1 saturated heterocycles. The molecule has 1 fully saturated rings. The van der Waals surface area contributed by atoms with E-state index in [0.29, 0.717) is 25.7 Å². The van der Waals surface area contributed by atoms with E-state index in [4.69, 9.17) is 4.74 Å². The summed E-state index contributed by atoms with van der Waals surface area (Å²) in [5.74, 6) is 0.471. The number of hydrogen-bond acceptors (Lipinski definition) is 5. The Labute approximate surface area is 187 Å². The van der Waals surface area contributed by atoms with Gasteiger partial charge in [-0.25, -0.2) is 0 Å². The maximum atomic E-state index is 12.6. The van der Waals surface area contributed by atoms with Gasteiger partial charge in [-0.2, -0.15) is 0 Å². The number of amides is 1. The van der Waals surface area contributed by atoms with Gasteiger partial charge < -0.3 is 19.9 Å². The maximum Gasteiger partial charge on any atom is 0.310 e. The Hall–Kier alpha value is -1.36. The van der Waals surface area contributed by atoms with E-state index in [-0.39, 0.29) is 48.3 Å². The first-order valence-corrected chi connectivity index (χ1v) is 10.5. The molecular formula is C19H29IN4O3S. The lowest BCUT2D eigenvalue weighted by molar-refractivity contribution is -0.149. The quantitative estimate of drug-likeness (QED) is 0.285. The lowest BCUT2D eigenvalue weighted by atomic mass is 9.98. The Morgan fingerprint density at radius 2 is 2.18 bits per heavy atom. The monoisotopic (exact) mass is 520 g/mol. The zero-order valence-electron chi connectivity index (χ0n) is 16.5. The summed E-state index contributed by atoms with van der Waals surface area (Å²) in [7, 11) is 1.71. The Kier molecular flexibility index (Phi) is 9.00. The number of esters is 1. The van der Waals surface area contributed by atoms with E-state index < -0.39 is 0 Å². The van der Waals surface area contributed by atoms with Gasteiger partial charge in [-0.05, 0) is 43.2 Å². The van der Waals surface area contributed by atoms with Crippen LogP contribution in [0.4, 0.5) is 0 Å². The summed E-state index contributed by atoms with van der Waals surface area (Å²) < 4.78 is 5.16. The van der Waals surface area contributed by atoms with E-state index in [1.165, 1.54) is 10.4 Å². The number of hydrogen-bond donors (Lipinski definition) is 1. The molecule has 0 aromatic carbocycles. The number of likely N-dealkylation sites (tertiary alicyclic amines) is 1. The minimum absolute atomic E-state index is 0. The number of carbonyl (C=O) groups excluding carboxylic acids is 2. The largest absolute Gasteiger partial charge is 0.466 e. The standard InChI is InChI=1S/C19H28N4O3S.HI/c1-3-26-18(25)15-5-4-8-23(13-15)19(20-2)21-11-17(24)22-9-6-16-14(12-22)7-10-27-16;/h7,10,15H,3-6,8-9,11-13H2,1-2H3,(H,20,21);1H. The molecule has 0 radical (unpaired) electrons. The maximum absolute atomic E-state index is 12.6. The predicted molar refractivity (Wildman–Crippen MR) is 121 cm³/mol. The van der Waals surface area contributed by atoms with E-state index in [2.05, 4.69) is 21.8 Å². The fourth-order valence-corrected chi connectivity index (χ4v) is 4.57. The van der Waals surface area contributed by atoms with Gasteiger partial charge in [0.1, 0.15) is 0 Å². The molecule has 0 aliphatic carbocycles. The molecule has 2 aliphatic rings. The Bertz CT molecular complexity index is 709. The van der Waals surface area contributed by atoms with Gasteiger partial charge in [0.15, 0.2) is 5.96 Å². The van der Waals surface area contributed by atoms with Gasteiger partial charge in [-0.3, -0.25) is 14.6 Å². The highest BCUT2D eigenvalue weighted by atomic mass is 127. The van der Waals surface area contributed by atoms with Crippen LogP contribution < -0.4 is 5.32 Å². The van der Waals surface area contributed by atoms with E-state index in [1.807, 2.05) is 16.7 Å². The van der Waals surface area contributed by atoms with Gasteiger partial charge in [0.25, 0.3) is 0 Å². The molecule has 28 heavy (non-hydrogen) atoms. The number of fused-ring (bicyclic) bond motifs is 1. The molecule has 1 aromatic heterocycles. The van der Waals surface area contributed by atoms with Crippen LogP contribution in [0.15, 0.2) is 16.4 Å². The van der Waals surface area contributed by atoms with Crippen LogP contribution in [0, 0.1) is 5.92 Å². The molecule has 1 amide bonds. The number of halogens is 1. The Morgan fingerprint density at radius 1 is 1.36 bits per heavy atom. The third kappa shape index (κ3) is 5.59. The van der Waals surface area contributed by atoms with Crippen molar-refractivity contribution in [2.75, 3.05) is 39.8 Å². The van der Waals surface area contributed by atoms with Gasteiger partial charge in [-0.15, -0.1) is 35.3 Å². The summed E-state index contributed by atoms with van der Waals surface area (Å²) in [6, 6.07) is 2.11. The summed E-state index contributed by atoms with van der Waals surface area (Å²) >= 11 is 1.77. The number of nitrogens with zero attached hydrogens (tertiary/aromatic N) is 3. The second kappa shape index (κ2) is 11.0. The number of aliphatic imine (C=N–C) groups is 1. The lowest BCUT2D eigenvalue weighted by Crippen LogP contribution is -2.51. The summed E-state index contributed by atoms with van der Waals surface area (Å²) in [6.07, 6.45) is 2.67. The van der Waals surface area contributed by atoms with Crippen molar-refractivity contribution in [3.05, 3.63) is 21.9 Å². The SMILES string of the molecule is CCOC(=O)C1CCCN(C(=NC)NCC(=O)N2CCc3sccc3C2)C1.I. The van der Waals surface area contributed by atoms with Gasteiger partial charge in [0.2, 0.25) is 5.91 Å². The van der Waals surface area contributed by atoms with Crippen molar-refractivity contribution in [3.63, 3.8) is 0 Å². The van der Waals surface area contributed by atoms with Gasteiger partial charge in [0, 0.05) is 38.1 Å². The van der Waals surface area contributed by atoms with Gasteiger partial charge in [0.05, 0.1) is 19.1 Å². The van der Waals surface area contributed by atoms with Crippen molar-refractivity contribution in [2.24, 2.45) is 10.9 Å². The molecule has 1 aromatic rings. The highest BCUT2D eigenvalue weighted by Crippen LogP contribution is 2.24. The summed E-state index contributed by atoms with van der Waals surface area (Å²) in [5, 5.41) is 5.27. The van der Waals surface area contributed by atoms with Crippen molar-refractivity contribution in [2.45, 2.75) is 32.7 Å². The molecule has 3 heterocycles. The fourth-order valence-electron chi connectivity index (χ4n) is 3.68. The third-order valence-corrected chi connectivity index (χ3v) is 6.13. The van der Waals surface area contributed by atoms with E-state index in [0.717, 1.165) is 32.4 Å². The average Bonchev–Trinajstić information content (AvgIpc) is 3.16. The molecular weight excluding hydrogens is 491 g/mol. The minimum atomic E-state index is -0.145. The fraction of sp³-hybridized carbons (Fsp3) is 0.632. The van der Waals surface area contributed by atoms with Crippen LogP contribution in [0.3, 0.4) is 0 Å². The summed E-state index contributed by atoms with van der Waals surface area (Å²) in [4.78, 5) is 34.3. The van der Waals surface area contributed by atoms with Crippen molar-refractivity contribution in [3.8, 4) is 0 Å². The smallest absolute Gasteiger partial charge is 0.310 e. The van der Waals surface area contributed by atoms with Crippen LogP contribution in [0.25, 0.3) is 0 Å². The second-order valence-corrected chi connectivity index (χ2v) is 7.87. The Balaban J connectivity index is 0.00000280. The number of nitrogens with one attached hydrogen (secondary N) is 1. The van der Waals surface area contributed by atoms with Crippen LogP contribution in [0.5, 0.6) is 0 Å². The van der Waals surface area contributed by atoms with Gasteiger partial charge >= 0.3 is 5.97 Å². The third-order valence-electron chi connectivity index (χ3n) is 5.11. The van der Waals surface area contributed by atoms with E-state index in [1.54, 1.807) is 18.4 Å². The topological polar surface area (TPSA) is 74.2 Å². The minimum Gasteiger partial charge on any atom is -0.466 e. The number of ether oxygens (including phenoxy) is 1. The number of carbonyl (C=O) groups is 2. The first-order chi connectivity index (χ1) is 13.1. The van der Waals surface area contributed by atoms with Crippen molar-refractivity contribution >= 4 is 53.1 Å².